The Morgan fingerprint density at radius 1 is 1.83 bits per heavy atom. The molecule has 1 aromatic heterocycles. The summed E-state index contributed by atoms with van der Waals surface area (Å²) in [6.45, 7) is 2.08. The molecule has 4 heteroatoms. The monoisotopic (exact) mass is 165 g/mol. The molecule has 0 bridgehead atoms. The Hall–Kier alpha value is -1.32. The van der Waals surface area contributed by atoms with Gasteiger partial charge in [-0.2, -0.15) is 5.10 Å². The van der Waals surface area contributed by atoms with Gasteiger partial charge in [-0.3, -0.25) is 9.89 Å². The summed E-state index contributed by atoms with van der Waals surface area (Å²) < 4.78 is 0. The van der Waals surface area contributed by atoms with E-state index in [0.717, 1.165) is 12.1 Å². The number of anilines is 1. The normalized spacial score (nSPS) is 26.8. The van der Waals surface area contributed by atoms with E-state index in [1.807, 2.05) is 0 Å². The van der Waals surface area contributed by atoms with Gasteiger partial charge in [-0.25, -0.2) is 0 Å². The minimum absolute atomic E-state index is 0.115. The number of carbonyl (C=O) groups is 1. The Kier molecular flexibility index (Phi) is 1.60. The second-order valence-corrected chi connectivity index (χ2v) is 3.30. The zero-order chi connectivity index (χ0) is 8.55. The van der Waals surface area contributed by atoms with Crippen molar-refractivity contribution in [3.8, 4) is 0 Å². The van der Waals surface area contributed by atoms with Gasteiger partial charge in [-0.1, -0.05) is 6.92 Å². The molecule has 0 aliphatic heterocycles. The van der Waals surface area contributed by atoms with Gasteiger partial charge in [-0.05, 0) is 12.3 Å². The van der Waals surface area contributed by atoms with E-state index in [0.29, 0.717) is 5.92 Å². The minimum atomic E-state index is 0.115. The van der Waals surface area contributed by atoms with Crippen molar-refractivity contribution >= 4 is 11.6 Å². The fraction of sp³-hybridized carbons (Fsp3) is 0.500. The van der Waals surface area contributed by atoms with Gasteiger partial charge >= 0.3 is 0 Å². The van der Waals surface area contributed by atoms with Crippen LogP contribution >= 0.6 is 0 Å². The molecular formula is C8H11N3O. The molecule has 1 aromatic rings. The first-order valence-electron chi connectivity index (χ1n) is 4.07. The lowest BCUT2D eigenvalue weighted by Gasteiger charge is -1.98. The van der Waals surface area contributed by atoms with Crippen molar-refractivity contribution in [3.63, 3.8) is 0 Å². The van der Waals surface area contributed by atoms with Gasteiger partial charge in [0.1, 0.15) is 0 Å². The molecule has 1 amide bonds. The number of nitrogens with one attached hydrogen (secondary N) is 2. The summed E-state index contributed by atoms with van der Waals surface area (Å²) >= 11 is 0. The molecule has 1 aliphatic rings. The average molecular weight is 165 g/mol. The number of rotatable bonds is 2. The smallest absolute Gasteiger partial charge is 0.227 e. The molecule has 0 saturated heterocycles. The molecule has 12 heavy (non-hydrogen) atoms. The Balaban J connectivity index is 1.92. The number of nitrogens with zero attached hydrogens (tertiary/aromatic N) is 1. The van der Waals surface area contributed by atoms with Crippen molar-refractivity contribution in [3.05, 3.63) is 12.4 Å². The van der Waals surface area contributed by atoms with Crippen LogP contribution in [-0.4, -0.2) is 16.1 Å². The summed E-state index contributed by atoms with van der Waals surface area (Å²) in [5.41, 5.74) is 0.749. The first-order chi connectivity index (χ1) is 5.77. The molecule has 2 N–H and O–H groups in total. The molecule has 0 radical (unpaired) electrons. The summed E-state index contributed by atoms with van der Waals surface area (Å²) in [6.07, 6.45) is 4.29. The molecule has 1 aliphatic carbocycles. The topological polar surface area (TPSA) is 57.8 Å². The molecule has 2 rings (SSSR count). The third-order valence-corrected chi connectivity index (χ3v) is 2.21. The van der Waals surface area contributed by atoms with Crippen molar-refractivity contribution in [1.82, 2.24) is 10.2 Å². The highest BCUT2D eigenvalue weighted by Crippen LogP contribution is 2.38. The Labute approximate surface area is 70.4 Å². The number of hydrogen-bond acceptors (Lipinski definition) is 2. The van der Waals surface area contributed by atoms with Gasteiger partial charge in [0.05, 0.1) is 11.9 Å². The molecule has 64 valence electrons. The molecule has 2 unspecified atom stereocenters. The van der Waals surface area contributed by atoms with Gasteiger partial charge in [0.25, 0.3) is 0 Å². The zero-order valence-electron chi connectivity index (χ0n) is 6.87. The maximum absolute atomic E-state index is 11.3. The van der Waals surface area contributed by atoms with Crippen molar-refractivity contribution in [2.75, 3.05) is 5.32 Å². The van der Waals surface area contributed by atoms with E-state index in [1.54, 1.807) is 12.4 Å². The highest BCUT2D eigenvalue weighted by Gasteiger charge is 2.39. The van der Waals surface area contributed by atoms with Crippen LogP contribution in [0, 0.1) is 11.8 Å². The fourth-order valence-electron chi connectivity index (χ4n) is 1.24. The predicted molar refractivity (Wildman–Crippen MR) is 44.5 cm³/mol. The summed E-state index contributed by atoms with van der Waals surface area (Å²) in [5, 5.41) is 9.16. The number of hydrogen-bond donors (Lipinski definition) is 2. The molecule has 0 aromatic carbocycles. The molecule has 4 nitrogen and oxygen atoms in total. The summed E-state index contributed by atoms with van der Waals surface area (Å²) in [7, 11) is 0. The maximum Gasteiger partial charge on any atom is 0.227 e. The van der Waals surface area contributed by atoms with Crippen molar-refractivity contribution < 1.29 is 4.79 Å². The van der Waals surface area contributed by atoms with E-state index in [4.69, 9.17) is 0 Å². The molecular weight excluding hydrogens is 154 g/mol. The lowest BCUT2D eigenvalue weighted by Crippen LogP contribution is -2.13. The van der Waals surface area contributed by atoms with Crippen LogP contribution in [0.4, 0.5) is 5.69 Å². The lowest BCUT2D eigenvalue weighted by molar-refractivity contribution is -0.117. The van der Waals surface area contributed by atoms with Crippen LogP contribution < -0.4 is 5.32 Å². The number of H-pyrrole nitrogens is 1. The molecule has 0 spiro atoms. The van der Waals surface area contributed by atoms with E-state index in [9.17, 15) is 4.79 Å². The number of carbonyl (C=O) groups excluding carboxylic acids is 1. The van der Waals surface area contributed by atoms with Crippen LogP contribution in [0.3, 0.4) is 0 Å². The largest absolute Gasteiger partial charge is 0.323 e. The van der Waals surface area contributed by atoms with Gasteiger partial charge in [0, 0.05) is 12.1 Å². The summed E-state index contributed by atoms with van der Waals surface area (Å²) in [6, 6.07) is 0. The number of aromatic amines is 1. The van der Waals surface area contributed by atoms with Crippen LogP contribution in [0.1, 0.15) is 13.3 Å². The minimum Gasteiger partial charge on any atom is -0.323 e. The van der Waals surface area contributed by atoms with Gasteiger partial charge in [0.2, 0.25) is 5.91 Å². The van der Waals surface area contributed by atoms with Gasteiger partial charge < -0.3 is 5.32 Å². The van der Waals surface area contributed by atoms with Crippen molar-refractivity contribution in [2.45, 2.75) is 13.3 Å². The molecule has 1 fully saturated rings. The van der Waals surface area contributed by atoms with E-state index < -0.39 is 0 Å². The molecule has 1 saturated carbocycles. The Morgan fingerprint density at radius 2 is 2.58 bits per heavy atom. The third-order valence-electron chi connectivity index (χ3n) is 2.21. The average Bonchev–Trinajstić information content (AvgIpc) is 2.58. The van der Waals surface area contributed by atoms with Crippen LogP contribution in [0.25, 0.3) is 0 Å². The standard InChI is InChI=1S/C8H11N3O/c1-5-2-7(5)8(12)11-6-3-9-10-4-6/h3-5,7H,2H2,1H3,(H,9,10)(H,11,12). The Bertz CT molecular complexity index is 281. The van der Waals surface area contributed by atoms with Gasteiger partial charge in [-0.15, -0.1) is 0 Å². The predicted octanol–water partition coefficient (Wildman–Crippen LogP) is 1.00. The van der Waals surface area contributed by atoms with Crippen LogP contribution in [0.5, 0.6) is 0 Å². The third kappa shape index (κ3) is 1.32. The van der Waals surface area contributed by atoms with Crippen LogP contribution in [0.15, 0.2) is 12.4 Å². The quantitative estimate of drug-likeness (QED) is 0.687. The highest BCUT2D eigenvalue weighted by atomic mass is 16.2. The van der Waals surface area contributed by atoms with E-state index >= 15 is 0 Å². The lowest BCUT2D eigenvalue weighted by atomic mass is 10.3. The van der Waals surface area contributed by atoms with E-state index in [-0.39, 0.29) is 11.8 Å². The summed E-state index contributed by atoms with van der Waals surface area (Å²) in [4.78, 5) is 11.3. The summed E-state index contributed by atoms with van der Waals surface area (Å²) in [5.74, 6) is 0.890. The maximum atomic E-state index is 11.3. The second kappa shape index (κ2) is 2.62. The fourth-order valence-corrected chi connectivity index (χ4v) is 1.24. The first-order valence-corrected chi connectivity index (χ1v) is 4.07. The van der Waals surface area contributed by atoms with Crippen molar-refractivity contribution in [1.29, 1.82) is 0 Å². The van der Waals surface area contributed by atoms with Crippen molar-refractivity contribution in [2.24, 2.45) is 11.8 Å². The van der Waals surface area contributed by atoms with Crippen LogP contribution in [-0.2, 0) is 4.79 Å². The van der Waals surface area contributed by atoms with Crippen LogP contribution in [0.2, 0.25) is 0 Å². The molecule has 2 atom stereocenters. The van der Waals surface area contributed by atoms with E-state index in [2.05, 4.69) is 22.4 Å². The van der Waals surface area contributed by atoms with E-state index in [1.165, 1.54) is 0 Å². The SMILES string of the molecule is CC1CC1C(=O)Nc1cn[nH]c1. The highest BCUT2D eigenvalue weighted by molar-refractivity contribution is 5.94. The first kappa shape index (κ1) is 7.34. The number of amides is 1. The van der Waals surface area contributed by atoms with Gasteiger partial charge in [0.15, 0.2) is 0 Å². The second-order valence-electron chi connectivity index (χ2n) is 3.30. The zero-order valence-corrected chi connectivity index (χ0v) is 6.87. The number of aromatic nitrogens is 2. The Morgan fingerprint density at radius 3 is 3.08 bits per heavy atom. The molecule has 1 heterocycles.